The summed E-state index contributed by atoms with van der Waals surface area (Å²) in [6, 6.07) is 0. The highest BCUT2D eigenvalue weighted by molar-refractivity contribution is 5.36. The zero-order chi connectivity index (χ0) is 5.40. The summed E-state index contributed by atoms with van der Waals surface area (Å²) in [5.74, 6) is 0. The molecule has 2 aliphatic carbocycles. The van der Waals surface area contributed by atoms with Crippen LogP contribution in [0.4, 0.5) is 0 Å². The molecule has 0 heterocycles. The van der Waals surface area contributed by atoms with Crippen LogP contribution in [-0.4, -0.2) is 0 Å². The lowest BCUT2D eigenvalue weighted by molar-refractivity contribution is 0.734. The van der Waals surface area contributed by atoms with Gasteiger partial charge >= 0.3 is 0 Å². The maximum atomic E-state index is 2.29. The molecule has 0 saturated carbocycles. The van der Waals surface area contributed by atoms with Gasteiger partial charge in [0, 0.05) is 0 Å². The van der Waals surface area contributed by atoms with E-state index in [9.17, 15) is 0 Å². The van der Waals surface area contributed by atoms with Crippen LogP contribution >= 0.6 is 0 Å². The molecule has 0 nitrogen and oxygen atoms in total. The van der Waals surface area contributed by atoms with Crippen LogP contribution in [-0.2, 0) is 0 Å². The van der Waals surface area contributed by atoms with Gasteiger partial charge in [-0.05, 0) is 31.3 Å². The van der Waals surface area contributed by atoms with Crippen LogP contribution in [0.5, 0.6) is 0 Å². The lowest BCUT2D eigenvalue weighted by Gasteiger charge is -2.23. The topological polar surface area (TPSA) is 0 Å². The number of allylic oxidation sites excluding steroid dienone is 4. The first kappa shape index (κ1) is 4.37. The molecule has 0 N–H and O–H groups in total. The summed E-state index contributed by atoms with van der Waals surface area (Å²) in [6.45, 7) is 0. The van der Waals surface area contributed by atoms with E-state index in [0.717, 1.165) is 0 Å². The smallest absolute Gasteiger partial charge is 0.0242 e. The maximum Gasteiger partial charge on any atom is -0.0242 e. The van der Waals surface area contributed by atoms with E-state index in [0.29, 0.717) is 0 Å². The van der Waals surface area contributed by atoms with Crippen LogP contribution in [0.3, 0.4) is 0 Å². The van der Waals surface area contributed by atoms with E-state index in [4.69, 9.17) is 0 Å². The van der Waals surface area contributed by atoms with Crippen molar-refractivity contribution in [3.05, 3.63) is 23.3 Å². The summed E-state index contributed by atoms with van der Waals surface area (Å²) >= 11 is 0. The van der Waals surface area contributed by atoms with Crippen molar-refractivity contribution in [1.82, 2.24) is 0 Å². The maximum absolute atomic E-state index is 2.29. The van der Waals surface area contributed by atoms with Gasteiger partial charge in [0.15, 0.2) is 0 Å². The Morgan fingerprint density at radius 2 is 2.12 bits per heavy atom. The third-order valence-corrected chi connectivity index (χ3v) is 2.08. The van der Waals surface area contributed by atoms with Crippen LogP contribution in [0, 0.1) is 0 Å². The van der Waals surface area contributed by atoms with Gasteiger partial charge in [0.25, 0.3) is 0 Å². The van der Waals surface area contributed by atoms with E-state index < -0.39 is 0 Å². The summed E-state index contributed by atoms with van der Waals surface area (Å²) < 4.78 is 0. The van der Waals surface area contributed by atoms with Crippen molar-refractivity contribution in [1.29, 1.82) is 0 Å². The molecule has 8 heavy (non-hydrogen) atoms. The van der Waals surface area contributed by atoms with Crippen molar-refractivity contribution in [3.63, 3.8) is 0 Å². The standard InChI is InChI=1S/C8H10/c1-2-4-8-6-5-7(8)3-1/h1,3H,2,4-6H2. The van der Waals surface area contributed by atoms with E-state index in [-0.39, 0.29) is 0 Å². The van der Waals surface area contributed by atoms with Crippen molar-refractivity contribution in [2.45, 2.75) is 25.7 Å². The Balaban J connectivity index is 2.31. The molecule has 0 aromatic rings. The molecule has 0 radical (unpaired) electrons. The Labute approximate surface area is 49.9 Å². The van der Waals surface area contributed by atoms with Crippen molar-refractivity contribution >= 4 is 0 Å². The van der Waals surface area contributed by atoms with Gasteiger partial charge in [-0.3, -0.25) is 0 Å². The molecule has 0 amide bonds. The Kier molecular flexibility index (Phi) is 0.806. The second-order valence-electron chi connectivity index (χ2n) is 2.57. The monoisotopic (exact) mass is 106 g/mol. The van der Waals surface area contributed by atoms with Gasteiger partial charge < -0.3 is 0 Å². The lowest BCUT2D eigenvalue weighted by atomic mass is 9.82. The zero-order valence-electron chi connectivity index (χ0n) is 4.98. The van der Waals surface area contributed by atoms with Gasteiger partial charge in [-0.25, -0.2) is 0 Å². The summed E-state index contributed by atoms with van der Waals surface area (Å²) in [6.07, 6.45) is 9.97. The average Bonchev–Trinajstić information content (AvgIpc) is 1.72. The first-order valence-corrected chi connectivity index (χ1v) is 3.34. The third-order valence-electron chi connectivity index (χ3n) is 2.08. The van der Waals surface area contributed by atoms with E-state index in [1.165, 1.54) is 25.7 Å². The van der Waals surface area contributed by atoms with Crippen LogP contribution in [0.2, 0.25) is 0 Å². The Bertz CT molecular complexity index is 161. The van der Waals surface area contributed by atoms with Gasteiger partial charge in [-0.15, -0.1) is 0 Å². The molecule has 0 aromatic heterocycles. The van der Waals surface area contributed by atoms with Crippen LogP contribution < -0.4 is 0 Å². The fourth-order valence-corrected chi connectivity index (χ4v) is 1.42. The zero-order valence-corrected chi connectivity index (χ0v) is 4.98. The molecule has 0 fully saturated rings. The van der Waals surface area contributed by atoms with Crippen molar-refractivity contribution < 1.29 is 0 Å². The molecular formula is C8H10. The van der Waals surface area contributed by atoms with Gasteiger partial charge in [0.2, 0.25) is 0 Å². The molecule has 0 saturated heterocycles. The molecule has 0 bridgehead atoms. The van der Waals surface area contributed by atoms with Crippen molar-refractivity contribution in [2.75, 3.05) is 0 Å². The van der Waals surface area contributed by atoms with Gasteiger partial charge in [-0.2, -0.15) is 0 Å². The predicted octanol–water partition coefficient (Wildman–Crippen LogP) is 2.43. The minimum absolute atomic E-state index is 1.29. The lowest BCUT2D eigenvalue weighted by Crippen LogP contribution is -2.04. The van der Waals surface area contributed by atoms with E-state index >= 15 is 0 Å². The highest BCUT2D eigenvalue weighted by Gasteiger charge is 2.15. The second kappa shape index (κ2) is 1.48. The fourth-order valence-electron chi connectivity index (χ4n) is 1.42. The third kappa shape index (κ3) is 0.459. The highest BCUT2D eigenvalue weighted by Crippen LogP contribution is 2.34. The summed E-state index contributed by atoms with van der Waals surface area (Å²) in [7, 11) is 0. The molecule has 0 atom stereocenters. The van der Waals surface area contributed by atoms with Gasteiger partial charge in [-0.1, -0.05) is 17.7 Å². The van der Waals surface area contributed by atoms with E-state index in [2.05, 4.69) is 12.2 Å². The van der Waals surface area contributed by atoms with Gasteiger partial charge in [0.05, 0.1) is 0 Å². The molecule has 2 aliphatic rings. The minimum atomic E-state index is 1.29. The summed E-state index contributed by atoms with van der Waals surface area (Å²) in [5.41, 5.74) is 3.36. The molecule has 0 unspecified atom stereocenters. The van der Waals surface area contributed by atoms with E-state index in [1.807, 2.05) is 0 Å². The summed E-state index contributed by atoms with van der Waals surface area (Å²) in [5, 5.41) is 0. The van der Waals surface area contributed by atoms with Crippen LogP contribution in [0.25, 0.3) is 0 Å². The first-order valence-electron chi connectivity index (χ1n) is 3.34. The van der Waals surface area contributed by atoms with Crippen LogP contribution in [0.15, 0.2) is 23.3 Å². The Morgan fingerprint density at radius 3 is 2.50 bits per heavy atom. The second-order valence-corrected chi connectivity index (χ2v) is 2.57. The van der Waals surface area contributed by atoms with Crippen LogP contribution in [0.1, 0.15) is 25.7 Å². The van der Waals surface area contributed by atoms with Crippen molar-refractivity contribution in [2.24, 2.45) is 0 Å². The average molecular weight is 106 g/mol. The molecule has 2 rings (SSSR count). The molecule has 0 aromatic carbocycles. The van der Waals surface area contributed by atoms with E-state index in [1.54, 1.807) is 11.1 Å². The normalized spacial score (nSPS) is 25.0. The Hall–Kier alpha value is -0.520. The largest absolute Gasteiger partial charge is 0.0839 e. The Morgan fingerprint density at radius 1 is 1.12 bits per heavy atom. The predicted molar refractivity (Wildman–Crippen MR) is 34.6 cm³/mol. The molecule has 42 valence electrons. The SMILES string of the molecule is C1=CC2=C(CC1)CC2. The molecule has 0 spiro atoms. The number of hydrogen-bond acceptors (Lipinski definition) is 0. The highest BCUT2D eigenvalue weighted by atomic mass is 14.2. The first-order chi connectivity index (χ1) is 3.97. The minimum Gasteiger partial charge on any atom is -0.0839 e. The summed E-state index contributed by atoms with van der Waals surface area (Å²) in [4.78, 5) is 0. The quantitative estimate of drug-likeness (QED) is 0.445. The molecular weight excluding hydrogens is 96.1 g/mol. The van der Waals surface area contributed by atoms with Gasteiger partial charge in [0.1, 0.15) is 0 Å². The number of rotatable bonds is 0. The van der Waals surface area contributed by atoms with Crippen molar-refractivity contribution in [3.8, 4) is 0 Å². The molecule has 0 heteroatoms. The number of hydrogen-bond donors (Lipinski definition) is 0. The fraction of sp³-hybridized carbons (Fsp3) is 0.500. The molecule has 0 aliphatic heterocycles.